The summed E-state index contributed by atoms with van der Waals surface area (Å²) in [4.78, 5) is 27.0. The molecular weight excluding hydrogens is 394 g/mol. The van der Waals surface area contributed by atoms with Gasteiger partial charge < -0.3 is 20.5 Å². The Morgan fingerprint density at radius 1 is 0.871 bits per heavy atom. The van der Waals surface area contributed by atoms with E-state index in [9.17, 15) is 9.59 Å². The van der Waals surface area contributed by atoms with E-state index >= 15 is 0 Å². The quantitative estimate of drug-likeness (QED) is 0.453. The molecule has 0 spiro atoms. The summed E-state index contributed by atoms with van der Waals surface area (Å²) in [7, 11) is 3.14. The van der Waals surface area contributed by atoms with Gasteiger partial charge in [-0.25, -0.2) is 0 Å². The van der Waals surface area contributed by atoms with Crippen molar-refractivity contribution < 1.29 is 19.1 Å². The van der Waals surface area contributed by atoms with Crippen LogP contribution in [-0.4, -0.2) is 32.6 Å². The summed E-state index contributed by atoms with van der Waals surface area (Å²) in [6, 6.07) is 21.3. The number of nitrogens with one attached hydrogen (secondary N) is 1. The predicted molar refractivity (Wildman–Crippen MR) is 121 cm³/mol. The van der Waals surface area contributed by atoms with Gasteiger partial charge in [0.25, 0.3) is 0 Å². The van der Waals surface area contributed by atoms with Gasteiger partial charge in [0.15, 0.2) is 11.5 Å². The van der Waals surface area contributed by atoms with E-state index in [0.717, 1.165) is 5.56 Å². The van der Waals surface area contributed by atoms with Gasteiger partial charge in [0.05, 0.1) is 14.2 Å². The summed E-state index contributed by atoms with van der Waals surface area (Å²) in [5, 5.41) is 2.70. The number of hydrogen-bond acceptors (Lipinski definition) is 5. The normalized spacial score (nSPS) is 10.3. The molecule has 0 aliphatic carbocycles. The Bertz CT molecular complexity index is 1040. The van der Waals surface area contributed by atoms with Gasteiger partial charge in [-0.1, -0.05) is 24.3 Å². The largest absolute Gasteiger partial charge is 0.493 e. The summed E-state index contributed by atoms with van der Waals surface area (Å²) < 4.78 is 10.5. The fourth-order valence-electron chi connectivity index (χ4n) is 3.12. The highest BCUT2D eigenvalue weighted by atomic mass is 16.5. The van der Waals surface area contributed by atoms with E-state index in [-0.39, 0.29) is 0 Å². The highest BCUT2D eigenvalue weighted by Gasteiger charge is 2.24. The third kappa shape index (κ3) is 5.33. The number of hydrogen-bond donors (Lipinski definition) is 2. The van der Waals surface area contributed by atoms with Gasteiger partial charge in [-0.05, 0) is 60.5 Å². The van der Waals surface area contributed by atoms with Gasteiger partial charge in [-0.15, -0.1) is 0 Å². The fraction of sp³-hybridized carbons (Fsp3) is 0.167. The Kier molecular flexibility index (Phi) is 7.11. The second-order valence-electron chi connectivity index (χ2n) is 6.76. The average molecular weight is 419 g/mol. The number of carbonyl (C=O) groups is 2. The minimum Gasteiger partial charge on any atom is -0.493 e. The van der Waals surface area contributed by atoms with E-state index in [4.69, 9.17) is 15.2 Å². The topological polar surface area (TPSA) is 93.9 Å². The van der Waals surface area contributed by atoms with Crippen LogP contribution in [0.1, 0.15) is 5.56 Å². The van der Waals surface area contributed by atoms with E-state index in [1.54, 1.807) is 56.7 Å². The minimum atomic E-state index is -0.693. The van der Waals surface area contributed by atoms with E-state index in [1.807, 2.05) is 30.3 Å². The van der Waals surface area contributed by atoms with E-state index in [0.29, 0.717) is 41.5 Å². The number of para-hydroxylation sites is 1. The molecule has 3 aromatic carbocycles. The Morgan fingerprint density at radius 3 is 2.16 bits per heavy atom. The molecular formula is C24H25N3O4. The highest BCUT2D eigenvalue weighted by Crippen LogP contribution is 2.28. The number of ether oxygens (including phenoxy) is 2. The third-order valence-corrected chi connectivity index (χ3v) is 4.71. The molecule has 2 amide bonds. The lowest BCUT2D eigenvalue weighted by Crippen LogP contribution is -2.41. The summed E-state index contributed by atoms with van der Waals surface area (Å²) in [6.07, 6.45) is 0.534. The molecule has 7 nitrogen and oxygen atoms in total. The van der Waals surface area contributed by atoms with Gasteiger partial charge in [0.2, 0.25) is 0 Å². The molecule has 0 heterocycles. The molecule has 0 unspecified atom stereocenters. The molecule has 0 saturated heterocycles. The van der Waals surface area contributed by atoms with Crippen LogP contribution in [0.4, 0.5) is 17.1 Å². The fourth-order valence-corrected chi connectivity index (χ4v) is 3.12. The molecule has 0 radical (unpaired) electrons. The first-order valence-corrected chi connectivity index (χ1v) is 9.77. The van der Waals surface area contributed by atoms with Crippen molar-refractivity contribution in [1.82, 2.24) is 5.32 Å². The van der Waals surface area contributed by atoms with Crippen LogP contribution >= 0.6 is 0 Å². The van der Waals surface area contributed by atoms with Gasteiger partial charge in [-0.2, -0.15) is 0 Å². The molecule has 0 bridgehead atoms. The van der Waals surface area contributed by atoms with Crippen LogP contribution < -0.4 is 25.4 Å². The Balaban J connectivity index is 1.70. The molecule has 3 rings (SSSR count). The number of nitrogen functional groups attached to an aromatic ring is 1. The van der Waals surface area contributed by atoms with Crippen LogP contribution in [0, 0.1) is 0 Å². The van der Waals surface area contributed by atoms with Gasteiger partial charge in [0, 0.05) is 23.6 Å². The standard InChI is InChI=1S/C24H25N3O4/c1-30-21-13-8-17(16-22(21)31-2)14-15-26-23(28)24(29)27(19-6-4-3-5-7-19)20-11-9-18(25)10-12-20/h3-13,16H,14-15,25H2,1-2H3,(H,26,28). The maximum atomic E-state index is 13.0. The van der Waals surface area contributed by atoms with Crippen molar-refractivity contribution in [3.8, 4) is 11.5 Å². The van der Waals surface area contributed by atoms with Crippen LogP contribution in [0.3, 0.4) is 0 Å². The van der Waals surface area contributed by atoms with Crippen LogP contribution in [0.15, 0.2) is 72.8 Å². The number of methoxy groups -OCH3 is 2. The molecule has 31 heavy (non-hydrogen) atoms. The van der Waals surface area contributed by atoms with E-state index in [1.165, 1.54) is 4.90 Å². The number of carbonyl (C=O) groups excluding carboxylic acids is 2. The molecule has 7 heteroatoms. The Hall–Kier alpha value is -4.00. The van der Waals surface area contributed by atoms with Crippen molar-refractivity contribution in [2.45, 2.75) is 6.42 Å². The first-order chi connectivity index (χ1) is 15.0. The second kappa shape index (κ2) is 10.2. The number of anilines is 3. The first-order valence-electron chi connectivity index (χ1n) is 9.77. The zero-order chi connectivity index (χ0) is 22.2. The lowest BCUT2D eigenvalue weighted by atomic mass is 10.1. The van der Waals surface area contributed by atoms with Crippen molar-refractivity contribution in [3.05, 3.63) is 78.4 Å². The van der Waals surface area contributed by atoms with E-state index < -0.39 is 11.8 Å². The molecule has 160 valence electrons. The zero-order valence-corrected chi connectivity index (χ0v) is 17.5. The predicted octanol–water partition coefficient (Wildman–Crippen LogP) is 3.31. The molecule has 0 aliphatic heterocycles. The maximum absolute atomic E-state index is 13.0. The van der Waals surface area contributed by atoms with E-state index in [2.05, 4.69) is 5.32 Å². The summed E-state index contributed by atoms with van der Waals surface area (Å²) in [5.41, 5.74) is 8.43. The maximum Gasteiger partial charge on any atom is 0.320 e. The lowest BCUT2D eigenvalue weighted by Gasteiger charge is -2.22. The minimum absolute atomic E-state index is 0.296. The SMILES string of the molecule is COc1ccc(CCNC(=O)C(=O)N(c2ccccc2)c2ccc(N)cc2)cc1OC. The lowest BCUT2D eigenvalue weighted by molar-refractivity contribution is -0.137. The van der Waals surface area contributed by atoms with Gasteiger partial charge >= 0.3 is 11.8 Å². The molecule has 0 saturated carbocycles. The summed E-state index contributed by atoms with van der Waals surface area (Å²) >= 11 is 0. The summed E-state index contributed by atoms with van der Waals surface area (Å²) in [5.74, 6) is -0.127. The van der Waals surface area contributed by atoms with Crippen LogP contribution in [-0.2, 0) is 16.0 Å². The van der Waals surface area contributed by atoms with Crippen LogP contribution in [0.25, 0.3) is 0 Å². The zero-order valence-electron chi connectivity index (χ0n) is 17.5. The van der Waals surface area contributed by atoms with Crippen LogP contribution in [0.2, 0.25) is 0 Å². The molecule has 0 fully saturated rings. The number of amides is 2. The number of rotatable bonds is 7. The molecule has 3 aromatic rings. The number of benzene rings is 3. The van der Waals surface area contributed by atoms with Gasteiger partial charge in [0.1, 0.15) is 0 Å². The van der Waals surface area contributed by atoms with Crippen LogP contribution in [0.5, 0.6) is 11.5 Å². The molecule has 0 aliphatic rings. The van der Waals surface area contributed by atoms with Gasteiger partial charge in [-0.3, -0.25) is 14.5 Å². The highest BCUT2D eigenvalue weighted by molar-refractivity contribution is 6.42. The Labute approximate surface area is 181 Å². The third-order valence-electron chi connectivity index (χ3n) is 4.71. The average Bonchev–Trinajstić information content (AvgIpc) is 2.81. The summed E-state index contributed by atoms with van der Waals surface area (Å²) in [6.45, 7) is 0.296. The smallest absolute Gasteiger partial charge is 0.320 e. The molecule has 3 N–H and O–H groups in total. The number of nitrogens with zero attached hydrogens (tertiary/aromatic N) is 1. The molecule has 0 atom stereocenters. The monoisotopic (exact) mass is 419 g/mol. The molecule has 0 aromatic heterocycles. The number of nitrogens with two attached hydrogens (primary N) is 1. The van der Waals surface area contributed by atoms with Crippen molar-refractivity contribution in [2.75, 3.05) is 31.4 Å². The first kappa shape index (κ1) is 21.7. The second-order valence-corrected chi connectivity index (χ2v) is 6.76. The Morgan fingerprint density at radius 2 is 1.52 bits per heavy atom. The van der Waals surface area contributed by atoms with Crippen molar-refractivity contribution >= 4 is 28.9 Å². The van der Waals surface area contributed by atoms with Crippen molar-refractivity contribution in [2.24, 2.45) is 0 Å². The van der Waals surface area contributed by atoms with Crippen molar-refractivity contribution in [1.29, 1.82) is 0 Å². The van der Waals surface area contributed by atoms with Crippen molar-refractivity contribution in [3.63, 3.8) is 0 Å².